The van der Waals surface area contributed by atoms with Gasteiger partial charge < -0.3 is 15.2 Å². The second-order valence-corrected chi connectivity index (χ2v) is 14.0. The number of carbonyl (C=O) groups excluding carboxylic acids is 3. The molecule has 6 aromatic rings. The average Bonchev–Trinajstić information content (AvgIpc) is 3.86. The summed E-state index contributed by atoms with van der Waals surface area (Å²) in [5.74, 6) is -1.50. The summed E-state index contributed by atoms with van der Waals surface area (Å²) in [6.45, 7) is 8.70. The number of piperidine rings is 1. The first-order valence-electron chi connectivity index (χ1n) is 18.1. The van der Waals surface area contributed by atoms with E-state index in [1.807, 2.05) is 44.3 Å². The number of nitrogens with two attached hydrogens (primary N) is 1. The second-order valence-electron chi connectivity index (χ2n) is 14.0. The zero-order valence-electron chi connectivity index (χ0n) is 30.1. The Bertz CT molecular complexity index is 2340. The van der Waals surface area contributed by atoms with E-state index in [1.165, 1.54) is 5.69 Å². The van der Waals surface area contributed by atoms with Gasteiger partial charge in [0.25, 0.3) is 11.7 Å². The number of carbonyl (C=O) groups is 3. The molecular weight excluding hydrogens is 685 g/mol. The van der Waals surface area contributed by atoms with Crippen LogP contribution in [0, 0.1) is 6.92 Å². The fourth-order valence-corrected chi connectivity index (χ4v) is 7.41. The van der Waals surface area contributed by atoms with E-state index in [2.05, 4.69) is 81.8 Å². The van der Waals surface area contributed by atoms with Crippen molar-refractivity contribution in [2.45, 2.75) is 44.9 Å². The molecule has 4 aromatic heterocycles. The van der Waals surface area contributed by atoms with Crippen LogP contribution in [0.15, 0.2) is 77.6 Å². The van der Waals surface area contributed by atoms with Crippen molar-refractivity contribution in [1.29, 1.82) is 0 Å². The molecule has 2 atom stereocenters. The Morgan fingerprint density at radius 1 is 0.963 bits per heavy atom. The Kier molecular flexibility index (Phi) is 9.42. The largest absolute Gasteiger partial charge is 0.369 e. The van der Waals surface area contributed by atoms with Gasteiger partial charge in [-0.1, -0.05) is 35.5 Å². The number of fused-ring (bicyclic) bond motifs is 1. The summed E-state index contributed by atoms with van der Waals surface area (Å²) in [6, 6.07) is 20.9. The molecule has 0 radical (unpaired) electrons. The molecule has 14 nitrogen and oxygen atoms in total. The van der Waals surface area contributed by atoms with Crippen LogP contribution < -0.4 is 16.0 Å². The molecule has 6 heterocycles. The van der Waals surface area contributed by atoms with Crippen molar-refractivity contribution >= 4 is 34.4 Å². The number of anilines is 1. The smallest absolute Gasteiger partial charge is 0.290 e. The fourth-order valence-electron chi connectivity index (χ4n) is 7.41. The molecule has 2 fully saturated rings. The quantitative estimate of drug-likeness (QED) is 0.169. The molecule has 8 rings (SSSR count). The molecule has 0 saturated carbocycles. The van der Waals surface area contributed by atoms with Gasteiger partial charge in [0.05, 0.1) is 17.5 Å². The predicted octanol–water partition coefficient (Wildman–Crippen LogP) is 4.51. The maximum absolute atomic E-state index is 12.2. The number of aromatic nitrogens is 6. The zero-order chi connectivity index (χ0) is 37.3. The van der Waals surface area contributed by atoms with Crippen molar-refractivity contribution in [3.8, 4) is 22.4 Å². The number of nitrogens with zero attached hydrogens (tertiary/aromatic N) is 7. The lowest BCUT2D eigenvalue weighted by Gasteiger charge is -2.36. The number of pyridine rings is 2. The van der Waals surface area contributed by atoms with Crippen LogP contribution in [-0.4, -0.2) is 85.7 Å². The van der Waals surface area contributed by atoms with E-state index in [-0.39, 0.29) is 29.5 Å². The van der Waals surface area contributed by atoms with E-state index < -0.39 is 5.91 Å². The highest BCUT2D eigenvalue weighted by molar-refractivity contribution is 6.01. The topological polar surface area (TPSA) is 189 Å². The fraction of sp³-hybridized carbons (Fsp3) is 0.300. The monoisotopic (exact) mass is 724 g/mol. The van der Waals surface area contributed by atoms with Crippen LogP contribution in [-0.2, 0) is 16.0 Å². The van der Waals surface area contributed by atoms with Gasteiger partial charge in [0, 0.05) is 85.9 Å². The number of piperazine rings is 1. The van der Waals surface area contributed by atoms with E-state index in [9.17, 15) is 14.4 Å². The van der Waals surface area contributed by atoms with E-state index in [0.29, 0.717) is 24.4 Å². The van der Waals surface area contributed by atoms with E-state index in [0.717, 1.165) is 89.3 Å². The number of hydrogen-bond donors (Lipinski definition) is 3. The second kappa shape index (κ2) is 14.6. The summed E-state index contributed by atoms with van der Waals surface area (Å²) in [5, 5.41) is 14.7. The number of rotatable bonds is 10. The number of nitrogens with one attached hydrogen (secondary N) is 2. The SMILES string of the molecule is Cc1cc(-c2[nH]nc3ncc(-c4ccc(N5CCN(CCc6ccc([C@H]7CCC(=O)NC7=O)cn6)CC5)cc4)cc23)ccc1[C@@H](C)c1nc(C(N)=O)no1. The Morgan fingerprint density at radius 2 is 1.76 bits per heavy atom. The van der Waals surface area contributed by atoms with Gasteiger partial charge in [0.1, 0.15) is 0 Å². The summed E-state index contributed by atoms with van der Waals surface area (Å²) in [4.78, 5) is 53.4. The molecule has 0 bridgehead atoms. The molecule has 2 aliphatic heterocycles. The number of H-pyrrole nitrogens is 1. The molecule has 4 N–H and O–H groups in total. The number of aromatic amines is 1. The van der Waals surface area contributed by atoms with Crippen LogP contribution in [0.3, 0.4) is 0 Å². The van der Waals surface area contributed by atoms with Crippen molar-refractivity contribution in [2.75, 3.05) is 37.6 Å². The van der Waals surface area contributed by atoms with Crippen molar-refractivity contribution in [3.05, 3.63) is 107 Å². The lowest BCUT2D eigenvalue weighted by molar-refractivity contribution is -0.134. The summed E-state index contributed by atoms with van der Waals surface area (Å²) < 4.78 is 5.30. The Morgan fingerprint density at radius 3 is 2.46 bits per heavy atom. The summed E-state index contributed by atoms with van der Waals surface area (Å²) >= 11 is 0. The predicted molar refractivity (Wildman–Crippen MR) is 202 cm³/mol. The molecule has 274 valence electrons. The lowest BCUT2D eigenvalue weighted by atomic mass is 9.91. The van der Waals surface area contributed by atoms with Gasteiger partial charge in [-0.15, -0.1) is 0 Å². The van der Waals surface area contributed by atoms with Gasteiger partial charge in [-0.25, -0.2) is 4.98 Å². The first-order chi connectivity index (χ1) is 26.2. The van der Waals surface area contributed by atoms with Crippen LogP contribution in [0.25, 0.3) is 33.4 Å². The van der Waals surface area contributed by atoms with Gasteiger partial charge in [-0.05, 0) is 72.9 Å². The number of aryl methyl sites for hydroxylation is 1. The van der Waals surface area contributed by atoms with Gasteiger partial charge in [-0.3, -0.25) is 34.7 Å². The third-order valence-corrected chi connectivity index (χ3v) is 10.6. The molecule has 0 aliphatic carbocycles. The summed E-state index contributed by atoms with van der Waals surface area (Å²) in [5.41, 5.74) is 14.9. The maximum Gasteiger partial charge on any atom is 0.290 e. The highest BCUT2D eigenvalue weighted by Crippen LogP contribution is 2.34. The van der Waals surface area contributed by atoms with Gasteiger partial charge in [0.2, 0.25) is 17.7 Å². The Labute approximate surface area is 311 Å². The number of amides is 3. The minimum atomic E-state index is -0.727. The third kappa shape index (κ3) is 7.07. The molecular formula is C40H40N10O4. The highest BCUT2D eigenvalue weighted by atomic mass is 16.5. The van der Waals surface area contributed by atoms with Gasteiger partial charge in [0.15, 0.2) is 5.65 Å². The van der Waals surface area contributed by atoms with Crippen LogP contribution >= 0.6 is 0 Å². The number of benzene rings is 2. The molecule has 0 unspecified atom stereocenters. The van der Waals surface area contributed by atoms with Crippen molar-refractivity contribution < 1.29 is 18.9 Å². The van der Waals surface area contributed by atoms with Crippen molar-refractivity contribution in [3.63, 3.8) is 0 Å². The number of primary amides is 1. The third-order valence-electron chi connectivity index (χ3n) is 10.6. The minimum Gasteiger partial charge on any atom is -0.369 e. The average molecular weight is 725 g/mol. The standard InChI is InChI=1S/C40H40N10O4/c1-23-19-26(6-10-31(23)24(2)40-45-38(36(41)52)48-54-40)35-33-20-28(22-43-37(33)47-46-35)25-4-8-30(9-5-25)50-17-15-49(16-18-50)14-13-29-7-3-27(21-42-29)32-11-12-34(51)44-39(32)53/h3-10,19-22,24,32H,11-18H2,1-2H3,(H2,41,52)(H,43,46,47)(H,44,51,53)/t24-,32-/m1/s1. The van der Waals surface area contributed by atoms with Crippen molar-refractivity contribution in [1.82, 2.24) is 40.5 Å². The molecule has 0 spiro atoms. The first-order valence-corrected chi connectivity index (χ1v) is 18.1. The van der Waals surface area contributed by atoms with Crippen molar-refractivity contribution in [2.24, 2.45) is 5.73 Å². The lowest BCUT2D eigenvalue weighted by Crippen LogP contribution is -2.47. The summed E-state index contributed by atoms with van der Waals surface area (Å²) in [6.07, 6.45) is 5.38. The maximum atomic E-state index is 12.2. The van der Waals surface area contributed by atoms with E-state index in [4.69, 9.17) is 10.3 Å². The molecule has 54 heavy (non-hydrogen) atoms. The van der Waals surface area contributed by atoms with Gasteiger partial charge in [-0.2, -0.15) is 10.1 Å². The number of hydrogen-bond acceptors (Lipinski definition) is 11. The highest BCUT2D eigenvalue weighted by Gasteiger charge is 2.28. The van der Waals surface area contributed by atoms with E-state index >= 15 is 0 Å². The van der Waals surface area contributed by atoms with Crippen LogP contribution in [0.2, 0.25) is 0 Å². The molecule has 14 heteroatoms. The molecule has 2 aliphatic rings. The van der Waals surface area contributed by atoms with Crippen LogP contribution in [0.5, 0.6) is 0 Å². The Hall–Kier alpha value is -6.28. The summed E-state index contributed by atoms with van der Waals surface area (Å²) in [7, 11) is 0. The zero-order valence-corrected chi connectivity index (χ0v) is 30.1. The van der Waals surface area contributed by atoms with Gasteiger partial charge >= 0.3 is 0 Å². The Balaban J connectivity index is 0.881. The van der Waals surface area contributed by atoms with E-state index in [1.54, 1.807) is 6.20 Å². The van der Waals surface area contributed by atoms with Crippen LogP contribution in [0.1, 0.15) is 70.5 Å². The normalized spacial score (nSPS) is 17.1. The minimum absolute atomic E-state index is 0.133. The molecule has 3 amide bonds. The first kappa shape index (κ1) is 34.8. The molecule has 2 aromatic carbocycles. The molecule has 2 saturated heterocycles. The number of imide groups is 1. The van der Waals surface area contributed by atoms with Crippen LogP contribution in [0.4, 0.5) is 5.69 Å².